The van der Waals surface area contributed by atoms with Crippen molar-refractivity contribution in [3.05, 3.63) is 90.0 Å². The summed E-state index contributed by atoms with van der Waals surface area (Å²) in [5, 5.41) is 2.76. The van der Waals surface area contributed by atoms with Gasteiger partial charge >= 0.3 is 6.09 Å². The molecule has 1 unspecified atom stereocenters. The fraction of sp³-hybridized carbons (Fsp3) is 0.130. The fourth-order valence-electron chi connectivity index (χ4n) is 3.20. The van der Waals surface area contributed by atoms with Crippen LogP contribution in [0.1, 0.15) is 5.56 Å². The number of hydrogen-bond acceptors (Lipinski definition) is 4. The van der Waals surface area contributed by atoms with E-state index in [-0.39, 0.29) is 18.0 Å². The Morgan fingerprint density at radius 2 is 1.81 bits per heavy atom. The van der Waals surface area contributed by atoms with Crippen molar-refractivity contribution in [1.82, 2.24) is 0 Å². The zero-order chi connectivity index (χ0) is 21.8. The van der Waals surface area contributed by atoms with Crippen molar-refractivity contribution in [2.45, 2.75) is 17.5 Å². The summed E-state index contributed by atoms with van der Waals surface area (Å²) in [4.78, 5) is 27.7. The van der Waals surface area contributed by atoms with Crippen molar-refractivity contribution in [2.75, 3.05) is 16.0 Å². The molecule has 4 rings (SSSR count). The van der Waals surface area contributed by atoms with Gasteiger partial charge in [0.1, 0.15) is 24.3 Å². The van der Waals surface area contributed by atoms with Crippen LogP contribution in [-0.2, 0) is 16.1 Å². The first-order valence-electron chi connectivity index (χ1n) is 9.50. The maximum absolute atomic E-state index is 14.6. The summed E-state index contributed by atoms with van der Waals surface area (Å²) in [7, 11) is 0. The van der Waals surface area contributed by atoms with Crippen LogP contribution in [0.15, 0.2) is 77.7 Å². The largest absolute Gasteiger partial charge is 0.444 e. The smallest absolute Gasteiger partial charge is 0.415 e. The number of anilines is 2. The van der Waals surface area contributed by atoms with Crippen molar-refractivity contribution in [3.8, 4) is 0 Å². The average Bonchev–Trinajstić information content (AvgIpc) is 2.94. The minimum absolute atomic E-state index is 0.0746. The maximum atomic E-state index is 14.6. The summed E-state index contributed by atoms with van der Waals surface area (Å²) in [5.74, 6) is -1.95. The molecule has 3 aromatic carbocycles. The number of hydrogen-bond donors (Lipinski definition) is 1. The summed E-state index contributed by atoms with van der Waals surface area (Å²) < 4.78 is 33.9. The van der Waals surface area contributed by atoms with Gasteiger partial charge in [0.15, 0.2) is 0 Å². The molecule has 0 bridgehead atoms. The third kappa shape index (κ3) is 4.69. The van der Waals surface area contributed by atoms with Crippen LogP contribution >= 0.6 is 11.8 Å². The second-order valence-electron chi connectivity index (χ2n) is 6.82. The zero-order valence-electron chi connectivity index (χ0n) is 16.3. The quantitative estimate of drug-likeness (QED) is 0.604. The Labute approximate surface area is 182 Å². The predicted molar refractivity (Wildman–Crippen MR) is 115 cm³/mol. The number of carbonyl (C=O) groups excluding carboxylic acids is 2. The number of nitrogens with zero attached hydrogens (tertiary/aromatic N) is 1. The Hall–Kier alpha value is -3.39. The summed E-state index contributed by atoms with van der Waals surface area (Å²) >= 11 is 1.34. The fourth-order valence-corrected chi connectivity index (χ4v) is 4.29. The van der Waals surface area contributed by atoms with Crippen molar-refractivity contribution < 1.29 is 23.1 Å². The first-order valence-corrected chi connectivity index (χ1v) is 10.5. The summed E-state index contributed by atoms with van der Waals surface area (Å²) in [6, 6.07) is 17.8. The molecule has 5 nitrogen and oxygen atoms in total. The lowest BCUT2D eigenvalue weighted by molar-refractivity contribution is -0.117. The Morgan fingerprint density at radius 3 is 2.61 bits per heavy atom. The molecule has 0 aliphatic carbocycles. The SMILES string of the molecule is O=C1Nc2ccccc2SCC1N(C(=O)OCc1ccccc1)c1cc(F)ccc1F. The van der Waals surface area contributed by atoms with E-state index >= 15 is 0 Å². The Morgan fingerprint density at radius 1 is 1.06 bits per heavy atom. The highest BCUT2D eigenvalue weighted by Crippen LogP contribution is 2.34. The third-order valence-electron chi connectivity index (χ3n) is 4.73. The lowest BCUT2D eigenvalue weighted by atomic mass is 10.2. The van der Waals surface area contributed by atoms with Gasteiger partial charge in [0, 0.05) is 16.7 Å². The number of benzene rings is 3. The molecule has 0 fully saturated rings. The van der Waals surface area contributed by atoms with Crippen molar-refractivity contribution >= 4 is 35.1 Å². The van der Waals surface area contributed by atoms with Crippen LogP contribution in [0.3, 0.4) is 0 Å². The standard InChI is InChI=1S/C23H18F2N2O3S/c24-16-10-11-17(25)19(12-16)27(23(29)30-13-15-6-2-1-3-7-15)20-14-31-21-9-5-4-8-18(21)26-22(20)28/h1-12,20H,13-14H2,(H,26,28). The number of nitrogens with one attached hydrogen (secondary N) is 1. The molecular formula is C23H18F2N2O3S. The minimum Gasteiger partial charge on any atom is -0.444 e. The van der Waals surface area contributed by atoms with E-state index in [4.69, 9.17) is 4.74 Å². The zero-order valence-corrected chi connectivity index (χ0v) is 17.1. The van der Waals surface area contributed by atoms with E-state index in [2.05, 4.69) is 5.32 Å². The molecule has 0 radical (unpaired) electrons. The Kier molecular flexibility index (Phi) is 6.18. The number of rotatable bonds is 4. The molecule has 8 heteroatoms. The van der Waals surface area contributed by atoms with E-state index in [1.807, 2.05) is 18.2 Å². The van der Waals surface area contributed by atoms with Crippen LogP contribution in [-0.4, -0.2) is 23.8 Å². The van der Waals surface area contributed by atoms with Crippen molar-refractivity contribution in [2.24, 2.45) is 0 Å². The van der Waals surface area contributed by atoms with E-state index in [9.17, 15) is 18.4 Å². The number of halogens is 2. The monoisotopic (exact) mass is 440 g/mol. The third-order valence-corrected chi connectivity index (χ3v) is 5.87. The van der Waals surface area contributed by atoms with Gasteiger partial charge < -0.3 is 10.1 Å². The first-order chi connectivity index (χ1) is 15.0. The number of thioether (sulfide) groups is 1. The minimum atomic E-state index is -1.11. The molecular weight excluding hydrogens is 422 g/mol. The molecule has 1 aliphatic rings. The normalized spacial score (nSPS) is 15.4. The van der Waals surface area contributed by atoms with Gasteiger partial charge in [-0.1, -0.05) is 42.5 Å². The molecule has 31 heavy (non-hydrogen) atoms. The molecule has 0 saturated carbocycles. The molecule has 1 heterocycles. The first kappa shape index (κ1) is 20.9. The topological polar surface area (TPSA) is 58.6 Å². The number of amides is 2. The van der Waals surface area contributed by atoms with E-state index in [1.54, 1.807) is 36.4 Å². The van der Waals surface area contributed by atoms with Crippen molar-refractivity contribution in [3.63, 3.8) is 0 Å². The van der Waals surface area contributed by atoms with Crippen LogP contribution in [0.2, 0.25) is 0 Å². The number of para-hydroxylation sites is 1. The highest BCUT2D eigenvalue weighted by Gasteiger charge is 2.36. The van der Waals surface area contributed by atoms with Gasteiger partial charge in [-0.3, -0.25) is 9.69 Å². The molecule has 1 atom stereocenters. The summed E-state index contributed by atoms with van der Waals surface area (Å²) in [5.41, 5.74) is 0.963. The average molecular weight is 440 g/mol. The van der Waals surface area contributed by atoms with Gasteiger partial charge in [-0.05, 0) is 29.8 Å². The van der Waals surface area contributed by atoms with Gasteiger partial charge in [-0.15, -0.1) is 11.8 Å². The van der Waals surface area contributed by atoms with Crippen molar-refractivity contribution in [1.29, 1.82) is 0 Å². The van der Waals surface area contributed by atoms with E-state index in [1.165, 1.54) is 11.8 Å². The molecule has 2 amide bonds. The van der Waals surface area contributed by atoms with Gasteiger partial charge in [-0.2, -0.15) is 0 Å². The maximum Gasteiger partial charge on any atom is 0.415 e. The van der Waals surface area contributed by atoms with Gasteiger partial charge in [0.2, 0.25) is 5.91 Å². The molecule has 0 saturated heterocycles. The molecule has 0 spiro atoms. The molecule has 1 aliphatic heterocycles. The molecule has 3 aromatic rings. The van der Waals surface area contributed by atoms with Gasteiger partial charge in [-0.25, -0.2) is 13.6 Å². The summed E-state index contributed by atoms with van der Waals surface area (Å²) in [6.07, 6.45) is -0.944. The highest BCUT2D eigenvalue weighted by molar-refractivity contribution is 7.99. The molecule has 0 aromatic heterocycles. The van der Waals surface area contributed by atoms with Crippen LogP contribution in [0.4, 0.5) is 25.0 Å². The van der Waals surface area contributed by atoms with Crippen LogP contribution in [0, 0.1) is 11.6 Å². The van der Waals surface area contributed by atoms with E-state index in [0.29, 0.717) is 5.69 Å². The molecule has 1 N–H and O–H groups in total. The number of fused-ring (bicyclic) bond motifs is 1. The van der Waals surface area contributed by atoms with E-state index in [0.717, 1.165) is 33.6 Å². The predicted octanol–water partition coefficient (Wildman–Crippen LogP) is 5.22. The molecule has 158 valence electrons. The van der Waals surface area contributed by atoms with Crippen LogP contribution in [0.25, 0.3) is 0 Å². The van der Waals surface area contributed by atoms with Gasteiger partial charge in [0.05, 0.1) is 11.4 Å². The number of carbonyl (C=O) groups is 2. The Balaban J connectivity index is 1.66. The van der Waals surface area contributed by atoms with Gasteiger partial charge in [0.25, 0.3) is 0 Å². The number of ether oxygens (including phenoxy) is 1. The van der Waals surface area contributed by atoms with Crippen LogP contribution < -0.4 is 10.2 Å². The van der Waals surface area contributed by atoms with Crippen LogP contribution in [0.5, 0.6) is 0 Å². The lowest BCUT2D eigenvalue weighted by Gasteiger charge is -2.29. The summed E-state index contributed by atoms with van der Waals surface area (Å²) in [6.45, 7) is -0.0746. The highest BCUT2D eigenvalue weighted by atomic mass is 32.2. The Bertz CT molecular complexity index is 1110. The second-order valence-corrected chi connectivity index (χ2v) is 7.88. The second kappa shape index (κ2) is 9.18. The van der Waals surface area contributed by atoms with E-state index < -0.39 is 29.7 Å². The lowest BCUT2D eigenvalue weighted by Crippen LogP contribution is -2.49.